The van der Waals surface area contributed by atoms with Gasteiger partial charge in [-0.05, 0) is 17.7 Å². The van der Waals surface area contributed by atoms with Crippen LogP contribution in [-0.2, 0) is 6.54 Å². The Hall–Kier alpha value is -2.17. The van der Waals surface area contributed by atoms with Crippen LogP contribution >= 0.6 is 0 Å². The Morgan fingerprint density at radius 2 is 2.29 bits per heavy atom. The minimum Gasteiger partial charge on any atom is -0.497 e. The molecule has 0 aliphatic rings. The number of H-pyrrole nitrogens is 1. The summed E-state index contributed by atoms with van der Waals surface area (Å²) in [6, 6.07) is 7.96. The molecular formula is C12H16N4O. The van der Waals surface area contributed by atoms with E-state index in [2.05, 4.69) is 16.3 Å². The smallest absolute Gasteiger partial charge is 0.142 e. The lowest BCUT2D eigenvalue weighted by Crippen LogP contribution is -2.17. The van der Waals surface area contributed by atoms with Gasteiger partial charge in [-0.25, -0.2) is 0 Å². The molecule has 3 N–H and O–H groups in total. The highest BCUT2D eigenvalue weighted by molar-refractivity contribution is 5.61. The van der Waals surface area contributed by atoms with Crippen LogP contribution in [-0.4, -0.2) is 24.4 Å². The number of hydrogen-bond donors (Lipinski definition) is 2. The zero-order valence-electron chi connectivity index (χ0n) is 9.97. The van der Waals surface area contributed by atoms with Crippen LogP contribution in [0.1, 0.15) is 5.56 Å². The first-order valence-corrected chi connectivity index (χ1v) is 5.33. The van der Waals surface area contributed by atoms with Gasteiger partial charge in [0, 0.05) is 13.6 Å². The van der Waals surface area contributed by atoms with E-state index in [0.29, 0.717) is 5.82 Å². The lowest BCUT2D eigenvalue weighted by molar-refractivity contribution is 0.414. The molecule has 1 aromatic carbocycles. The topological polar surface area (TPSA) is 67.2 Å². The van der Waals surface area contributed by atoms with Gasteiger partial charge in [-0.3, -0.25) is 5.10 Å². The highest BCUT2D eigenvalue weighted by atomic mass is 16.5. The molecule has 0 fully saturated rings. The minimum atomic E-state index is 0.579. The average molecular weight is 232 g/mol. The second-order valence-corrected chi connectivity index (χ2v) is 3.88. The molecule has 0 atom stereocenters. The van der Waals surface area contributed by atoms with E-state index in [9.17, 15) is 0 Å². The van der Waals surface area contributed by atoms with Crippen LogP contribution < -0.4 is 15.4 Å². The van der Waals surface area contributed by atoms with Crippen LogP contribution in [0.2, 0.25) is 0 Å². The first kappa shape index (κ1) is 11.3. The number of hydrogen-bond acceptors (Lipinski definition) is 4. The Kier molecular flexibility index (Phi) is 3.18. The summed E-state index contributed by atoms with van der Waals surface area (Å²) in [6.45, 7) is 0.751. The third kappa shape index (κ3) is 2.50. The Balaban J connectivity index is 2.13. The third-order valence-electron chi connectivity index (χ3n) is 2.61. The Labute approximate surface area is 100 Å². The first-order valence-electron chi connectivity index (χ1n) is 5.33. The molecule has 0 bridgehead atoms. The van der Waals surface area contributed by atoms with E-state index >= 15 is 0 Å². The van der Waals surface area contributed by atoms with Crippen molar-refractivity contribution in [3.63, 3.8) is 0 Å². The maximum absolute atomic E-state index is 5.77. The summed E-state index contributed by atoms with van der Waals surface area (Å²) in [4.78, 5) is 2.04. The second-order valence-electron chi connectivity index (χ2n) is 3.88. The van der Waals surface area contributed by atoms with Crippen LogP contribution in [0.15, 0.2) is 30.5 Å². The molecule has 5 heteroatoms. The summed E-state index contributed by atoms with van der Waals surface area (Å²) in [7, 11) is 3.64. The molecule has 90 valence electrons. The molecule has 0 amide bonds. The number of nitrogens with two attached hydrogens (primary N) is 1. The number of nitrogens with zero attached hydrogens (tertiary/aromatic N) is 2. The molecule has 0 radical (unpaired) electrons. The van der Waals surface area contributed by atoms with Gasteiger partial charge in [-0.15, -0.1) is 0 Å². The van der Waals surface area contributed by atoms with Crippen LogP contribution in [0, 0.1) is 0 Å². The van der Waals surface area contributed by atoms with Crippen molar-refractivity contribution >= 4 is 11.5 Å². The highest BCUT2D eigenvalue weighted by Gasteiger charge is 2.07. The molecule has 1 aromatic heterocycles. The van der Waals surface area contributed by atoms with Gasteiger partial charge in [-0.1, -0.05) is 12.1 Å². The number of rotatable bonds is 4. The zero-order valence-corrected chi connectivity index (χ0v) is 9.97. The summed E-state index contributed by atoms with van der Waals surface area (Å²) in [5, 5.41) is 6.62. The largest absolute Gasteiger partial charge is 0.497 e. The average Bonchev–Trinajstić information content (AvgIpc) is 2.76. The lowest BCUT2D eigenvalue weighted by Gasteiger charge is -2.18. The summed E-state index contributed by atoms with van der Waals surface area (Å²) < 4.78 is 5.19. The van der Waals surface area contributed by atoms with Crippen molar-refractivity contribution in [1.29, 1.82) is 0 Å². The fraction of sp³-hybridized carbons (Fsp3) is 0.250. The summed E-state index contributed by atoms with van der Waals surface area (Å²) in [5.41, 5.74) is 7.82. The zero-order chi connectivity index (χ0) is 12.3. The van der Waals surface area contributed by atoms with Crippen molar-refractivity contribution in [2.75, 3.05) is 24.8 Å². The van der Waals surface area contributed by atoms with Crippen LogP contribution in [0.4, 0.5) is 11.5 Å². The fourth-order valence-electron chi connectivity index (χ4n) is 1.72. The normalized spacial score (nSPS) is 10.2. The fourth-order valence-corrected chi connectivity index (χ4v) is 1.72. The Morgan fingerprint density at radius 1 is 1.47 bits per heavy atom. The van der Waals surface area contributed by atoms with Crippen LogP contribution in [0.5, 0.6) is 5.75 Å². The molecule has 17 heavy (non-hydrogen) atoms. The Morgan fingerprint density at radius 3 is 2.94 bits per heavy atom. The minimum absolute atomic E-state index is 0.579. The van der Waals surface area contributed by atoms with E-state index in [4.69, 9.17) is 10.5 Å². The molecule has 1 heterocycles. The molecule has 0 spiro atoms. The van der Waals surface area contributed by atoms with Crippen molar-refractivity contribution < 1.29 is 4.74 Å². The number of nitrogen functional groups attached to an aromatic ring is 1. The lowest BCUT2D eigenvalue weighted by atomic mass is 10.2. The van der Waals surface area contributed by atoms with Crippen molar-refractivity contribution in [3.05, 3.63) is 36.0 Å². The number of nitrogens with one attached hydrogen (secondary N) is 1. The summed E-state index contributed by atoms with van der Waals surface area (Å²) >= 11 is 0. The van der Waals surface area contributed by atoms with E-state index in [0.717, 1.165) is 23.5 Å². The number of anilines is 2. The van der Waals surface area contributed by atoms with E-state index in [1.165, 1.54) is 0 Å². The van der Waals surface area contributed by atoms with Gasteiger partial charge >= 0.3 is 0 Å². The second kappa shape index (κ2) is 4.78. The highest BCUT2D eigenvalue weighted by Crippen LogP contribution is 2.21. The number of aromatic nitrogens is 2. The monoisotopic (exact) mass is 232 g/mol. The molecule has 0 saturated heterocycles. The van der Waals surface area contributed by atoms with Crippen LogP contribution in [0.25, 0.3) is 0 Å². The van der Waals surface area contributed by atoms with E-state index in [-0.39, 0.29) is 0 Å². The molecule has 0 unspecified atom stereocenters. The van der Waals surface area contributed by atoms with Gasteiger partial charge in [0.2, 0.25) is 0 Å². The standard InChI is InChI=1S/C12H16N4O/c1-16(11-7-14-15-12(11)13)8-9-4-3-5-10(6-9)17-2/h3-7H,8H2,1-2H3,(H3,13,14,15). The number of benzene rings is 1. The van der Waals surface area contributed by atoms with E-state index < -0.39 is 0 Å². The van der Waals surface area contributed by atoms with Gasteiger partial charge in [0.1, 0.15) is 11.6 Å². The van der Waals surface area contributed by atoms with Crippen molar-refractivity contribution in [3.8, 4) is 5.75 Å². The first-order chi connectivity index (χ1) is 8.20. The SMILES string of the molecule is COc1cccc(CN(C)c2cn[nH]c2N)c1. The van der Waals surface area contributed by atoms with Gasteiger partial charge in [-0.2, -0.15) is 5.10 Å². The number of methoxy groups -OCH3 is 1. The molecule has 2 rings (SSSR count). The van der Waals surface area contributed by atoms with E-state index in [1.807, 2.05) is 30.1 Å². The number of ether oxygens (including phenoxy) is 1. The van der Waals surface area contributed by atoms with Gasteiger partial charge in [0.15, 0.2) is 0 Å². The predicted octanol–water partition coefficient (Wildman–Crippen LogP) is 1.64. The predicted molar refractivity (Wildman–Crippen MR) is 68.1 cm³/mol. The van der Waals surface area contributed by atoms with Gasteiger partial charge in [0.05, 0.1) is 19.0 Å². The molecule has 5 nitrogen and oxygen atoms in total. The maximum Gasteiger partial charge on any atom is 0.142 e. The summed E-state index contributed by atoms with van der Waals surface area (Å²) in [6.07, 6.45) is 1.72. The molecule has 0 saturated carbocycles. The van der Waals surface area contributed by atoms with Crippen molar-refractivity contribution in [2.45, 2.75) is 6.54 Å². The maximum atomic E-state index is 5.77. The van der Waals surface area contributed by atoms with Gasteiger partial charge in [0.25, 0.3) is 0 Å². The molecule has 0 aliphatic heterocycles. The van der Waals surface area contributed by atoms with Gasteiger partial charge < -0.3 is 15.4 Å². The molecule has 2 aromatic rings. The van der Waals surface area contributed by atoms with Crippen molar-refractivity contribution in [2.24, 2.45) is 0 Å². The van der Waals surface area contributed by atoms with Crippen molar-refractivity contribution in [1.82, 2.24) is 10.2 Å². The Bertz CT molecular complexity index is 495. The number of aromatic amines is 1. The van der Waals surface area contributed by atoms with Crippen LogP contribution in [0.3, 0.4) is 0 Å². The quantitative estimate of drug-likeness (QED) is 0.841. The summed E-state index contributed by atoms with van der Waals surface area (Å²) in [5.74, 6) is 1.44. The molecule has 0 aliphatic carbocycles. The third-order valence-corrected chi connectivity index (χ3v) is 2.61. The molecular weight excluding hydrogens is 216 g/mol. The van der Waals surface area contributed by atoms with E-state index in [1.54, 1.807) is 13.3 Å².